The van der Waals surface area contributed by atoms with E-state index in [1.54, 1.807) is 12.1 Å². The number of benzene rings is 1. The number of carbonyl (C=O) groups excluding carboxylic acids is 2. The number of amides is 1. The lowest BCUT2D eigenvalue weighted by Gasteiger charge is -2.07. The van der Waals surface area contributed by atoms with Gasteiger partial charge in [0.15, 0.2) is 0 Å². The lowest BCUT2D eigenvalue weighted by Crippen LogP contribution is -2.20. The molecule has 17 heavy (non-hydrogen) atoms. The van der Waals surface area contributed by atoms with Gasteiger partial charge in [-0.1, -0.05) is 0 Å². The summed E-state index contributed by atoms with van der Waals surface area (Å²) in [6, 6.07) is 4.58. The second kappa shape index (κ2) is 6.33. The van der Waals surface area contributed by atoms with Crippen molar-refractivity contribution in [1.29, 1.82) is 0 Å². The fourth-order valence-electron chi connectivity index (χ4n) is 1.17. The zero-order valence-corrected chi connectivity index (χ0v) is 9.10. The number of anilines is 2. The summed E-state index contributed by atoms with van der Waals surface area (Å²) in [5.41, 5.74) is 9.25. The van der Waals surface area contributed by atoms with Crippen LogP contribution in [-0.4, -0.2) is 25.5 Å². The molecule has 1 rings (SSSR count). The number of nitrogens with two attached hydrogens (primary N) is 2. The minimum atomic E-state index is -0.507. The molecular formula is C10H14N4O3. The van der Waals surface area contributed by atoms with Crippen molar-refractivity contribution in [3.05, 3.63) is 23.8 Å². The number of carbonyl (C=O) groups is 2. The molecule has 0 heterocycles. The summed E-state index contributed by atoms with van der Waals surface area (Å²) >= 11 is 0. The minimum absolute atomic E-state index is 0.106. The van der Waals surface area contributed by atoms with E-state index in [9.17, 15) is 9.59 Å². The van der Waals surface area contributed by atoms with Crippen LogP contribution in [0.1, 0.15) is 10.4 Å². The third-order valence-corrected chi connectivity index (χ3v) is 2.01. The standard InChI is InChI=1S/C10H14N4O3/c11-8-5-7(1-2-9(8)14-12)10(16)17-4-3-13-6-15/h1-2,5-6,14H,3-4,11-12H2,(H,13,15). The summed E-state index contributed by atoms with van der Waals surface area (Å²) in [6.45, 7) is 0.377. The summed E-state index contributed by atoms with van der Waals surface area (Å²) in [4.78, 5) is 21.5. The van der Waals surface area contributed by atoms with Gasteiger partial charge in [-0.3, -0.25) is 10.6 Å². The zero-order chi connectivity index (χ0) is 12.7. The Morgan fingerprint density at radius 3 is 2.82 bits per heavy atom. The highest BCUT2D eigenvalue weighted by atomic mass is 16.5. The van der Waals surface area contributed by atoms with Crippen molar-refractivity contribution < 1.29 is 14.3 Å². The van der Waals surface area contributed by atoms with Crippen LogP contribution in [0.5, 0.6) is 0 Å². The number of nitrogen functional groups attached to an aromatic ring is 2. The van der Waals surface area contributed by atoms with Gasteiger partial charge in [0.1, 0.15) is 6.61 Å². The van der Waals surface area contributed by atoms with Crippen LogP contribution in [0.3, 0.4) is 0 Å². The first kappa shape index (κ1) is 12.8. The SMILES string of the molecule is NNc1ccc(C(=O)OCCNC=O)cc1N. The van der Waals surface area contributed by atoms with Gasteiger partial charge >= 0.3 is 5.97 Å². The molecule has 0 radical (unpaired) electrons. The average Bonchev–Trinajstić information content (AvgIpc) is 2.34. The predicted octanol–water partition coefficient (Wildman–Crippen LogP) is -0.543. The van der Waals surface area contributed by atoms with Gasteiger partial charge < -0.3 is 21.2 Å². The first-order valence-electron chi connectivity index (χ1n) is 4.89. The van der Waals surface area contributed by atoms with Gasteiger partial charge in [-0.15, -0.1) is 0 Å². The molecule has 0 atom stereocenters. The lowest BCUT2D eigenvalue weighted by atomic mass is 10.2. The fraction of sp³-hybridized carbons (Fsp3) is 0.200. The van der Waals surface area contributed by atoms with Crippen molar-refractivity contribution in [3.8, 4) is 0 Å². The van der Waals surface area contributed by atoms with Crippen LogP contribution < -0.4 is 22.3 Å². The molecule has 7 heteroatoms. The second-order valence-corrected chi connectivity index (χ2v) is 3.15. The molecule has 1 amide bonds. The molecule has 0 aromatic heterocycles. The first-order valence-corrected chi connectivity index (χ1v) is 4.89. The van der Waals surface area contributed by atoms with Crippen LogP contribution in [-0.2, 0) is 9.53 Å². The van der Waals surface area contributed by atoms with E-state index in [1.165, 1.54) is 6.07 Å². The molecule has 0 aliphatic carbocycles. The summed E-state index contributed by atoms with van der Waals surface area (Å²) in [7, 11) is 0. The Bertz CT molecular complexity index is 409. The normalized spacial score (nSPS) is 9.47. The van der Waals surface area contributed by atoms with Gasteiger partial charge in [0, 0.05) is 0 Å². The average molecular weight is 238 g/mol. The number of ether oxygens (including phenoxy) is 1. The van der Waals surface area contributed by atoms with Crippen LogP contribution >= 0.6 is 0 Å². The predicted molar refractivity (Wildman–Crippen MR) is 63.0 cm³/mol. The van der Waals surface area contributed by atoms with Crippen LogP contribution in [0.4, 0.5) is 11.4 Å². The first-order chi connectivity index (χ1) is 8.19. The number of hydrogen-bond donors (Lipinski definition) is 4. The Labute approximate surface area is 98.1 Å². The van der Waals surface area contributed by atoms with Gasteiger partial charge in [-0.2, -0.15) is 0 Å². The maximum Gasteiger partial charge on any atom is 0.338 e. The summed E-state index contributed by atoms with van der Waals surface area (Å²) in [5.74, 6) is 4.70. The van der Waals surface area contributed by atoms with Crippen LogP contribution in [0.2, 0.25) is 0 Å². The van der Waals surface area contributed by atoms with Crippen LogP contribution in [0.15, 0.2) is 18.2 Å². The molecule has 0 spiro atoms. The topological polar surface area (TPSA) is 119 Å². The quantitative estimate of drug-likeness (QED) is 0.132. The molecule has 0 saturated carbocycles. The molecule has 7 nitrogen and oxygen atoms in total. The zero-order valence-electron chi connectivity index (χ0n) is 9.10. The molecule has 0 aliphatic heterocycles. The largest absolute Gasteiger partial charge is 0.460 e. The van der Waals surface area contributed by atoms with Crippen molar-refractivity contribution in [2.75, 3.05) is 24.3 Å². The van der Waals surface area contributed by atoms with Crippen LogP contribution in [0, 0.1) is 0 Å². The van der Waals surface area contributed by atoms with Gasteiger partial charge in [-0.25, -0.2) is 4.79 Å². The Kier molecular flexibility index (Phi) is 4.77. The van der Waals surface area contributed by atoms with E-state index >= 15 is 0 Å². The molecule has 1 aromatic rings. The highest BCUT2D eigenvalue weighted by Crippen LogP contribution is 2.18. The smallest absolute Gasteiger partial charge is 0.338 e. The van der Waals surface area contributed by atoms with Crippen molar-refractivity contribution in [3.63, 3.8) is 0 Å². The maximum atomic E-state index is 11.5. The van der Waals surface area contributed by atoms with Gasteiger partial charge in [0.25, 0.3) is 0 Å². The van der Waals surface area contributed by atoms with E-state index in [4.69, 9.17) is 16.3 Å². The molecule has 6 N–H and O–H groups in total. The van der Waals surface area contributed by atoms with Crippen molar-refractivity contribution in [1.82, 2.24) is 5.32 Å². The van der Waals surface area contributed by atoms with Gasteiger partial charge in [0.05, 0.1) is 23.5 Å². The van der Waals surface area contributed by atoms with Gasteiger partial charge in [-0.05, 0) is 18.2 Å². The van der Waals surface area contributed by atoms with Crippen LogP contribution in [0.25, 0.3) is 0 Å². The molecule has 1 aromatic carbocycles. The number of rotatable bonds is 6. The van der Waals surface area contributed by atoms with Crippen molar-refractivity contribution in [2.24, 2.45) is 5.84 Å². The number of hydrazine groups is 1. The summed E-state index contributed by atoms with van der Waals surface area (Å²) in [5, 5.41) is 2.38. The number of hydrogen-bond acceptors (Lipinski definition) is 6. The lowest BCUT2D eigenvalue weighted by molar-refractivity contribution is -0.109. The molecule has 0 unspecified atom stereocenters. The molecule has 0 fully saturated rings. The molecular weight excluding hydrogens is 224 g/mol. The Morgan fingerprint density at radius 1 is 1.47 bits per heavy atom. The summed E-state index contributed by atoms with van der Waals surface area (Å²) in [6.07, 6.45) is 0.535. The van der Waals surface area contributed by atoms with E-state index in [1.807, 2.05) is 0 Å². The molecule has 92 valence electrons. The van der Waals surface area contributed by atoms with Crippen molar-refractivity contribution in [2.45, 2.75) is 0 Å². The Hall–Kier alpha value is -2.28. The minimum Gasteiger partial charge on any atom is -0.460 e. The van der Waals surface area contributed by atoms with E-state index in [2.05, 4.69) is 10.7 Å². The highest BCUT2D eigenvalue weighted by molar-refractivity contribution is 5.91. The molecule has 0 aliphatic rings. The number of nitrogens with one attached hydrogen (secondary N) is 2. The molecule has 0 saturated heterocycles. The fourth-order valence-corrected chi connectivity index (χ4v) is 1.17. The highest BCUT2D eigenvalue weighted by Gasteiger charge is 2.08. The Morgan fingerprint density at radius 2 is 2.24 bits per heavy atom. The Balaban J connectivity index is 2.57. The second-order valence-electron chi connectivity index (χ2n) is 3.15. The third-order valence-electron chi connectivity index (χ3n) is 2.01. The van der Waals surface area contributed by atoms with Gasteiger partial charge in [0.2, 0.25) is 6.41 Å². The third kappa shape index (κ3) is 3.65. The van der Waals surface area contributed by atoms with Crippen molar-refractivity contribution >= 4 is 23.8 Å². The number of esters is 1. The monoisotopic (exact) mass is 238 g/mol. The van der Waals surface area contributed by atoms with E-state index in [0.717, 1.165) is 0 Å². The summed E-state index contributed by atoms with van der Waals surface area (Å²) < 4.78 is 4.89. The van der Waals surface area contributed by atoms with E-state index in [-0.39, 0.29) is 13.2 Å². The van der Waals surface area contributed by atoms with E-state index in [0.29, 0.717) is 23.3 Å². The maximum absolute atomic E-state index is 11.5. The van der Waals surface area contributed by atoms with E-state index < -0.39 is 5.97 Å². The molecule has 0 bridgehead atoms.